The van der Waals surface area contributed by atoms with Crippen molar-refractivity contribution in [2.45, 2.75) is 35.3 Å². The zero-order valence-electron chi connectivity index (χ0n) is 17.4. The molecule has 0 radical (unpaired) electrons. The van der Waals surface area contributed by atoms with Gasteiger partial charge in [-0.2, -0.15) is 5.10 Å². The third-order valence-electron chi connectivity index (χ3n) is 6.24. The Hall–Kier alpha value is -2.27. The van der Waals surface area contributed by atoms with Gasteiger partial charge in [-0.15, -0.1) is 5.10 Å². The van der Waals surface area contributed by atoms with Crippen molar-refractivity contribution < 1.29 is 17.9 Å². The molecule has 4 heterocycles. The molecule has 0 amide bonds. The van der Waals surface area contributed by atoms with Crippen LogP contribution in [0.3, 0.4) is 0 Å². The zero-order chi connectivity index (χ0) is 21.3. The number of ether oxygens (including phenoxy) is 2. The van der Waals surface area contributed by atoms with Crippen LogP contribution in [0.15, 0.2) is 40.3 Å². The van der Waals surface area contributed by atoms with Gasteiger partial charge in [0.05, 0.1) is 10.6 Å². The van der Waals surface area contributed by atoms with Crippen molar-refractivity contribution in [2.24, 2.45) is 0 Å². The zero-order valence-corrected chi connectivity index (χ0v) is 18.2. The third kappa shape index (κ3) is 4.38. The number of hydrogen-bond donors (Lipinski definition) is 1. The largest absolute Gasteiger partial charge is 0.454 e. The Morgan fingerprint density at radius 2 is 1.74 bits per heavy atom. The first-order valence-electron chi connectivity index (χ1n) is 10.7. The fourth-order valence-corrected chi connectivity index (χ4v) is 5.57. The molecule has 0 bridgehead atoms. The number of nitrogens with one attached hydrogen (secondary N) is 1. The van der Waals surface area contributed by atoms with E-state index < -0.39 is 9.84 Å². The van der Waals surface area contributed by atoms with Crippen molar-refractivity contribution in [1.82, 2.24) is 25.3 Å². The van der Waals surface area contributed by atoms with Crippen LogP contribution in [0.5, 0.6) is 11.5 Å². The molecule has 1 aromatic heterocycles. The molecule has 5 rings (SSSR count). The van der Waals surface area contributed by atoms with E-state index in [-0.39, 0.29) is 16.7 Å². The average Bonchev–Trinajstić information content (AvgIpc) is 3.29. The molecule has 166 valence electrons. The van der Waals surface area contributed by atoms with Crippen molar-refractivity contribution >= 4 is 9.84 Å². The summed E-state index contributed by atoms with van der Waals surface area (Å²) in [5, 5.41) is 11.6. The molecule has 3 aliphatic rings. The Labute approximate surface area is 182 Å². The van der Waals surface area contributed by atoms with Crippen LogP contribution < -0.4 is 14.8 Å². The summed E-state index contributed by atoms with van der Waals surface area (Å²) >= 11 is 0. The highest BCUT2D eigenvalue weighted by Crippen LogP contribution is 2.35. The van der Waals surface area contributed by atoms with Gasteiger partial charge in [0.2, 0.25) is 16.6 Å². The summed E-state index contributed by atoms with van der Waals surface area (Å²) in [6, 6.07) is 8.55. The van der Waals surface area contributed by atoms with Gasteiger partial charge in [0.1, 0.15) is 0 Å². The number of benzene rings is 1. The number of piperazine rings is 1. The molecule has 0 spiro atoms. The number of nitrogens with zero attached hydrogens (tertiary/aromatic N) is 4. The van der Waals surface area contributed by atoms with E-state index in [4.69, 9.17) is 9.47 Å². The maximum Gasteiger partial charge on any atom is 0.231 e. The minimum absolute atomic E-state index is 0.0640. The summed E-state index contributed by atoms with van der Waals surface area (Å²) < 4.78 is 36.3. The fraction of sp³-hybridized carbons (Fsp3) is 0.524. The summed E-state index contributed by atoms with van der Waals surface area (Å²) in [7, 11) is -3.76. The lowest BCUT2D eigenvalue weighted by Gasteiger charge is -2.40. The first kappa shape index (κ1) is 20.6. The van der Waals surface area contributed by atoms with Gasteiger partial charge in [-0.1, -0.05) is 0 Å². The summed E-state index contributed by atoms with van der Waals surface area (Å²) in [5.74, 6) is 0.968. The van der Waals surface area contributed by atoms with Gasteiger partial charge in [0, 0.05) is 44.8 Å². The molecule has 2 aromatic rings. The summed E-state index contributed by atoms with van der Waals surface area (Å²) in [6.45, 7) is 7.11. The monoisotopic (exact) mass is 445 g/mol. The van der Waals surface area contributed by atoms with Gasteiger partial charge in [0.15, 0.2) is 16.5 Å². The predicted molar refractivity (Wildman–Crippen MR) is 113 cm³/mol. The smallest absolute Gasteiger partial charge is 0.231 e. The Morgan fingerprint density at radius 1 is 0.968 bits per heavy atom. The highest BCUT2D eigenvalue weighted by atomic mass is 32.2. The molecule has 0 unspecified atom stereocenters. The standard InChI is InChI=1S/C21H27N5O4S/c27-31(28,18-2-3-19-20(13-18)30-15-29-19)21-4-1-16(23-24-21)14-25-9-11-26(12-10-25)17-5-7-22-8-6-17/h1-4,13,17,22H,5-12,14-15H2. The van der Waals surface area contributed by atoms with Crippen LogP contribution in [0.4, 0.5) is 0 Å². The van der Waals surface area contributed by atoms with Crippen molar-refractivity contribution in [1.29, 1.82) is 0 Å². The Balaban J connectivity index is 1.20. The number of aromatic nitrogens is 2. The molecule has 9 nitrogen and oxygen atoms in total. The number of piperidine rings is 1. The van der Waals surface area contributed by atoms with E-state index in [1.807, 2.05) is 0 Å². The van der Waals surface area contributed by atoms with Crippen molar-refractivity contribution in [3.63, 3.8) is 0 Å². The van der Waals surface area contributed by atoms with Crippen molar-refractivity contribution in [3.8, 4) is 11.5 Å². The fourth-order valence-electron chi connectivity index (χ4n) is 4.43. The van der Waals surface area contributed by atoms with Crippen LogP contribution in [0.25, 0.3) is 0 Å². The third-order valence-corrected chi connectivity index (χ3v) is 7.89. The molecule has 0 saturated carbocycles. The lowest BCUT2D eigenvalue weighted by atomic mass is 10.0. The number of sulfone groups is 1. The molecule has 2 saturated heterocycles. The predicted octanol–water partition coefficient (Wildman–Crippen LogP) is 0.908. The molecule has 1 aromatic carbocycles. The molecule has 1 N–H and O–H groups in total. The van der Waals surface area contributed by atoms with E-state index in [2.05, 4.69) is 25.3 Å². The SMILES string of the molecule is O=S(=O)(c1ccc2c(c1)OCO2)c1ccc(CN2CCN(C3CCNCC3)CC2)nn1. The number of rotatable bonds is 5. The molecular formula is C21H27N5O4S. The second kappa shape index (κ2) is 8.70. The van der Waals surface area contributed by atoms with Crippen LogP contribution in [0.1, 0.15) is 18.5 Å². The van der Waals surface area contributed by atoms with Crippen molar-refractivity contribution in [2.75, 3.05) is 46.1 Å². The second-order valence-corrected chi connectivity index (χ2v) is 10.1. The van der Waals surface area contributed by atoms with Gasteiger partial charge in [-0.05, 0) is 50.2 Å². The van der Waals surface area contributed by atoms with Crippen LogP contribution in [-0.4, -0.2) is 80.5 Å². The van der Waals surface area contributed by atoms with Gasteiger partial charge < -0.3 is 14.8 Å². The van der Waals surface area contributed by atoms with Gasteiger partial charge in [-0.3, -0.25) is 9.80 Å². The second-order valence-electron chi connectivity index (χ2n) is 8.17. The highest BCUT2D eigenvalue weighted by Gasteiger charge is 2.26. The van der Waals surface area contributed by atoms with Crippen molar-refractivity contribution in [3.05, 3.63) is 36.0 Å². The number of fused-ring (bicyclic) bond motifs is 1. The van der Waals surface area contributed by atoms with E-state index in [1.165, 1.54) is 31.0 Å². The highest BCUT2D eigenvalue weighted by molar-refractivity contribution is 7.91. The maximum absolute atomic E-state index is 12.9. The van der Waals surface area contributed by atoms with Crippen LogP contribution >= 0.6 is 0 Å². The van der Waals surface area contributed by atoms with E-state index in [1.54, 1.807) is 12.1 Å². The van der Waals surface area contributed by atoms with Crippen LogP contribution in [0, 0.1) is 0 Å². The molecule has 10 heteroatoms. The summed E-state index contributed by atoms with van der Waals surface area (Å²) in [6.07, 6.45) is 2.45. The molecule has 2 fully saturated rings. The molecule has 0 atom stereocenters. The van der Waals surface area contributed by atoms with Gasteiger partial charge in [0.25, 0.3) is 0 Å². The quantitative estimate of drug-likeness (QED) is 0.720. The van der Waals surface area contributed by atoms with Gasteiger partial charge in [-0.25, -0.2) is 8.42 Å². The van der Waals surface area contributed by atoms with E-state index in [9.17, 15) is 8.42 Å². The molecule has 3 aliphatic heterocycles. The molecular weight excluding hydrogens is 418 g/mol. The van der Waals surface area contributed by atoms with E-state index in [0.717, 1.165) is 45.0 Å². The normalized spacial score (nSPS) is 20.8. The lowest BCUT2D eigenvalue weighted by molar-refractivity contribution is 0.0776. The summed E-state index contributed by atoms with van der Waals surface area (Å²) in [4.78, 5) is 5.07. The van der Waals surface area contributed by atoms with E-state index >= 15 is 0 Å². The van der Waals surface area contributed by atoms with Crippen LogP contribution in [0.2, 0.25) is 0 Å². The first-order valence-corrected chi connectivity index (χ1v) is 12.2. The maximum atomic E-state index is 12.9. The minimum atomic E-state index is -3.76. The van der Waals surface area contributed by atoms with E-state index in [0.29, 0.717) is 24.1 Å². The first-order chi connectivity index (χ1) is 15.1. The summed E-state index contributed by atoms with van der Waals surface area (Å²) in [5.41, 5.74) is 0.778. The Kier molecular flexibility index (Phi) is 5.79. The molecule has 0 aliphatic carbocycles. The van der Waals surface area contributed by atoms with Gasteiger partial charge >= 0.3 is 0 Å². The Bertz CT molecular complexity index is 1020. The minimum Gasteiger partial charge on any atom is -0.454 e. The average molecular weight is 446 g/mol. The Morgan fingerprint density at radius 3 is 2.48 bits per heavy atom. The molecule has 31 heavy (non-hydrogen) atoms. The topological polar surface area (TPSA) is 96.9 Å². The number of hydrogen-bond acceptors (Lipinski definition) is 9. The lowest BCUT2D eigenvalue weighted by Crippen LogP contribution is -2.52. The van der Waals surface area contributed by atoms with Crippen LogP contribution in [-0.2, 0) is 16.4 Å².